The molecule has 0 radical (unpaired) electrons. The molecular weight excluding hydrogens is 274 g/mol. The molecule has 1 aromatic heterocycles. The third-order valence-corrected chi connectivity index (χ3v) is 4.21. The highest BCUT2D eigenvalue weighted by atomic mass is 32.1. The molecule has 2 unspecified atom stereocenters. The molecule has 1 saturated heterocycles. The van der Waals surface area contributed by atoms with Gasteiger partial charge in [0.2, 0.25) is 11.8 Å². The van der Waals surface area contributed by atoms with Crippen LogP contribution < -0.4 is 5.32 Å². The number of nitrogens with one attached hydrogen (secondary N) is 1. The molecule has 1 aromatic rings. The van der Waals surface area contributed by atoms with Crippen molar-refractivity contribution in [2.24, 2.45) is 5.41 Å². The van der Waals surface area contributed by atoms with E-state index in [1.54, 1.807) is 23.2 Å². The molecule has 0 spiro atoms. The Balaban J connectivity index is 2.32. The second kappa shape index (κ2) is 5.16. The Hall–Kier alpha value is -1.43. The summed E-state index contributed by atoms with van der Waals surface area (Å²) in [6.07, 6.45) is 0. The summed E-state index contributed by atoms with van der Waals surface area (Å²) in [6, 6.07) is -0.936. The van der Waals surface area contributed by atoms with E-state index in [0.717, 1.165) is 10.7 Å². The van der Waals surface area contributed by atoms with Gasteiger partial charge in [-0.05, 0) is 19.3 Å². The standard InChI is InChI=1S/C14H21N3O2S/c1-8-13(19)17(6-10-7-20-9(2)16-10)11(12(18)15-8)14(3,4)5/h7-8,11H,6H2,1-5H3,(H,15,18). The molecule has 110 valence electrons. The monoisotopic (exact) mass is 295 g/mol. The zero-order valence-electron chi connectivity index (χ0n) is 12.6. The number of thiazole rings is 1. The predicted octanol–water partition coefficient (Wildman–Crippen LogP) is 1.71. The highest BCUT2D eigenvalue weighted by Crippen LogP contribution is 2.29. The summed E-state index contributed by atoms with van der Waals surface area (Å²) in [6.45, 7) is 9.96. The third-order valence-electron chi connectivity index (χ3n) is 3.39. The van der Waals surface area contributed by atoms with E-state index in [1.165, 1.54) is 0 Å². The van der Waals surface area contributed by atoms with Crippen molar-refractivity contribution in [2.45, 2.75) is 53.2 Å². The average molecular weight is 295 g/mol. The molecule has 6 heteroatoms. The molecule has 2 amide bonds. The second-order valence-electron chi connectivity index (χ2n) is 6.32. The van der Waals surface area contributed by atoms with Crippen LogP contribution in [0.15, 0.2) is 5.38 Å². The topological polar surface area (TPSA) is 62.3 Å². The number of carbonyl (C=O) groups excluding carboxylic acids is 2. The van der Waals surface area contributed by atoms with Crippen LogP contribution in [-0.4, -0.2) is 33.8 Å². The zero-order chi connectivity index (χ0) is 15.1. The molecule has 0 aliphatic carbocycles. The number of carbonyl (C=O) groups is 2. The smallest absolute Gasteiger partial charge is 0.245 e. The van der Waals surface area contributed by atoms with Crippen LogP contribution in [0.1, 0.15) is 38.4 Å². The van der Waals surface area contributed by atoms with Gasteiger partial charge in [-0.1, -0.05) is 20.8 Å². The van der Waals surface area contributed by atoms with Crippen LogP contribution in [0, 0.1) is 12.3 Å². The summed E-state index contributed by atoms with van der Waals surface area (Å²) in [7, 11) is 0. The van der Waals surface area contributed by atoms with Gasteiger partial charge in [-0.15, -0.1) is 11.3 Å². The highest BCUT2D eigenvalue weighted by Gasteiger charge is 2.44. The van der Waals surface area contributed by atoms with Crippen molar-refractivity contribution in [2.75, 3.05) is 0 Å². The van der Waals surface area contributed by atoms with Gasteiger partial charge >= 0.3 is 0 Å². The van der Waals surface area contributed by atoms with Gasteiger partial charge in [0, 0.05) is 5.38 Å². The van der Waals surface area contributed by atoms with E-state index in [9.17, 15) is 9.59 Å². The lowest BCUT2D eigenvalue weighted by molar-refractivity contribution is -0.154. The van der Waals surface area contributed by atoms with Crippen LogP contribution in [-0.2, 0) is 16.1 Å². The predicted molar refractivity (Wildman–Crippen MR) is 78.2 cm³/mol. The van der Waals surface area contributed by atoms with E-state index in [2.05, 4.69) is 10.3 Å². The molecule has 1 aliphatic heterocycles. The lowest BCUT2D eigenvalue weighted by atomic mass is 9.83. The maximum atomic E-state index is 12.4. The number of amides is 2. The Morgan fingerprint density at radius 2 is 2.05 bits per heavy atom. The molecule has 1 N–H and O–H groups in total. The summed E-state index contributed by atoms with van der Waals surface area (Å²) in [5.74, 6) is -0.133. The number of hydrogen-bond acceptors (Lipinski definition) is 4. The summed E-state index contributed by atoms with van der Waals surface area (Å²) in [5, 5.41) is 5.67. The molecule has 0 saturated carbocycles. The third kappa shape index (κ3) is 2.85. The van der Waals surface area contributed by atoms with E-state index in [4.69, 9.17) is 0 Å². The van der Waals surface area contributed by atoms with E-state index in [0.29, 0.717) is 6.54 Å². The summed E-state index contributed by atoms with van der Waals surface area (Å²) < 4.78 is 0. The fourth-order valence-electron chi connectivity index (χ4n) is 2.56. The summed E-state index contributed by atoms with van der Waals surface area (Å²) in [5.41, 5.74) is 0.530. The normalized spacial score (nSPS) is 23.9. The first-order chi connectivity index (χ1) is 9.20. The first-order valence-electron chi connectivity index (χ1n) is 6.72. The summed E-state index contributed by atoms with van der Waals surface area (Å²) >= 11 is 1.55. The minimum absolute atomic E-state index is 0.0461. The molecule has 5 nitrogen and oxygen atoms in total. The van der Waals surface area contributed by atoms with Gasteiger partial charge in [-0.2, -0.15) is 0 Å². The van der Waals surface area contributed by atoms with E-state index in [-0.39, 0.29) is 17.2 Å². The fourth-order valence-corrected chi connectivity index (χ4v) is 3.16. The molecular formula is C14H21N3O2S. The van der Waals surface area contributed by atoms with E-state index < -0.39 is 12.1 Å². The minimum atomic E-state index is -0.471. The van der Waals surface area contributed by atoms with Crippen LogP contribution in [0.25, 0.3) is 0 Å². The van der Waals surface area contributed by atoms with Crippen molar-refractivity contribution in [3.63, 3.8) is 0 Å². The van der Waals surface area contributed by atoms with Crippen molar-refractivity contribution in [1.82, 2.24) is 15.2 Å². The minimum Gasteiger partial charge on any atom is -0.343 e. The highest BCUT2D eigenvalue weighted by molar-refractivity contribution is 7.09. The van der Waals surface area contributed by atoms with Crippen LogP contribution in [0.3, 0.4) is 0 Å². The van der Waals surface area contributed by atoms with Gasteiger partial charge in [0.15, 0.2) is 0 Å². The zero-order valence-corrected chi connectivity index (χ0v) is 13.4. The summed E-state index contributed by atoms with van der Waals surface area (Å²) in [4.78, 5) is 30.8. The number of aromatic nitrogens is 1. The largest absolute Gasteiger partial charge is 0.343 e. The Kier molecular flexibility index (Phi) is 3.86. The number of hydrogen-bond donors (Lipinski definition) is 1. The van der Waals surface area contributed by atoms with Gasteiger partial charge < -0.3 is 10.2 Å². The Bertz CT molecular complexity index is 533. The van der Waals surface area contributed by atoms with Crippen LogP contribution in [0.2, 0.25) is 0 Å². The van der Waals surface area contributed by atoms with Gasteiger partial charge in [-0.25, -0.2) is 4.98 Å². The van der Waals surface area contributed by atoms with Gasteiger partial charge in [-0.3, -0.25) is 9.59 Å². The molecule has 20 heavy (non-hydrogen) atoms. The number of piperazine rings is 1. The van der Waals surface area contributed by atoms with Crippen molar-refractivity contribution in [1.29, 1.82) is 0 Å². The van der Waals surface area contributed by atoms with E-state index in [1.807, 2.05) is 33.1 Å². The number of nitrogens with zero attached hydrogens (tertiary/aromatic N) is 2. The average Bonchev–Trinajstić information content (AvgIpc) is 2.69. The Labute approximate surface area is 123 Å². The van der Waals surface area contributed by atoms with Crippen LogP contribution in [0.4, 0.5) is 0 Å². The first kappa shape index (κ1) is 15.0. The molecule has 0 bridgehead atoms. The molecule has 1 fully saturated rings. The van der Waals surface area contributed by atoms with Gasteiger partial charge in [0.25, 0.3) is 0 Å². The lowest BCUT2D eigenvalue weighted by Gasteiger charge is -2.43. The van der Waals surface area contributed by atoms with Crippen molar-refractivity contribution in [3.8, 4) is 0 Å². The number of aryl methyl sites for hydroxylation is 1. The first-order valence-corrected chi connectivity index (χ1v) is 7.60. The molecule has 0 aromatic carbocycles. The lowest BCUT2D eigenvalue weighted by Crippen LogP contribution is -2.65. The SMILES string of the molecule is Cc1nc(CN2C(=O)C(C)NC(=O)C2C(C)(C)C)cs1. The maximum Gasteiger partial charge on any atom is 0.245 e. The molecule has 1 aliphatic rings. The quantitative estimate of drug-likeness (QED) is 0.903. The van der Waals surface area contributed by atoms with Gasteiger partial charge in [0.1, 0.15) is 12.1 Å². The van der Waals surface area contributed by atoms with Crippen molar-refractivity contribution < 1.29 is 9.59 Å². The Morgan fingerprint density at radius 1 is 1.40 bits per heavy atom. The Morgan fingerprint density at radius 3 is 2.55 bits per heavy atom. The van der Waals surface area contributed by atoms with Crippen LogP contribution >= 0.6 is 11.3 Å². The van der Waals surface area contributed by atoms with Gasteiger partial charge in [0.05, 0.1) is 17.2 Å². The fraction of sp³-hybridized carbons (Fsp3) is 0.643. The second-order valence-corrected chi connectivity index (χ2v) is 7.39. The maximum absolute atomic E-state index is 12.4. The van der Waals surface area contributed by atoms with E-state index >= 15 is 0 Å². The van der Waals surface area contributed by atoms with Crippen LogP contribution in [0.5, 0.6) is 0 Å². The molecule has 2 rings (SSSR count). The molecule has 2 atom stereocenters. The molecule has 2 heterocycles. The van der Waals surface area contributed by atoms with Crippen molar-refractivity contribution in [3.05, 3.63) is 16.1 Å². The number of rotatable bonds is 2. The van der Waals surface area contributed by atoms with Crippen molar-refractivity contribution >= 4 is 23.2 Å².